The van der Waals surface area contributed by atoms with Gasteiger partial charge in [0.2, 0.25) is 0 Å². The molecule has 130 valence electrons. The SMILES string of the molecule is C=C(C)C(CCCCCCCCCCCCCC)C(=O)CC. The second-order valence-electron chi connectivity index (χ2n) is 6.90. The highest BCUT2D eigenvalue weighted by atomic mass is 16.1. The molecule has 1 nitrogen and oxygen atoms in total. The van der Waals surface area contributed by atoms with Crippen molar-refractivity contribution in [2.24, 2.45) is 5.92 Å². The minimum Gasteiger partial charge on any atom is -0.299 e. The van der Waals surface area contributed by atoms with Gasteiger partial charge in [-0.25, -0.2) is 0 Å². The summed E-state index contributed by atoms with van der Waals surface area (Å²) in [4.78, 5) is 11.8. The Labute approximate surface area is 140 Å². The molecule has 0 saturated heterocycles. The molecule has 0 aromatic rings. The van der Waals surface area contributed by atoms with Crippen molar-refractivity contribution < 1.29 is 4.79 Å². The van der Waals surface area contributed by atoms with Crippen LogP contribution in [0.1, 0.15) is 111 Å². The van der Waals surface area contributed by atoms with Gasteiger partial charge in [-0.2, -0.15) is 0 Å². The van der Waals surface area contributed by atoms with Crippen LogP contribution < -0.4 is 0 Å². The third-order valence-corrected chi connectivity index (χ3v) is 4.68. The fraction of sp³-hybridized carbons (Fsp3) is 0.857. The summed E-state index contributed by atoms with van der Waals surface area (Å²) in [5.74, 6) is 0.490. The first-order valence-corrected chi connectivity index (χ1v) is 9.81. The largest absolute Gasteiger partial charge is 0.299 e. The van der Waals surface area contributed by atoms with Crippen LogP contribution in [0.15, 0.2) is 12.2 Å². The highest BCUT2D eigenvalue weighted by Crippen LogP contribution is 2.20. The lowest BCUT2D eigenvalue weighted by atomic mass is 9.89. The van der Waals surface area contributed by atoms with Crippen LogP contribution in [0.5, 0.6) is 0 Å². The molecule has 0 aromatic carbocycles. The number of Topliss-reactive ketones (excluding diaryl/α,β-unsaturated/α-hetero) is 1. The van der Waals surface area contributed by atoms with Gasteiger partial charge in [0.1, 0.15) is 5.78 Å². The van der Waals surface area contributed by atoms with Gasteiger partial charge in [0, 0.05) is 12.3 Å². The first-order valence-electron chi connectivity index (χ1n) is 9.81. The number of ketones is 1. The zero-order valence-electron chi connectivity index (χ0n) is 15.6. The Morgan fingerprint density at radius 1 is 0.773 bits per heavy atom. The maximum atomic E-state index is 11.8. The van der Waals surface area contributed by atoms with Gasteiger partial charge in [0.15, 0.2) is 0 Å². The summed E-state index contributed by atoms with van der Waals surface area (Å²) < 4.78 is 0. The third-order valence-electron chi connectivity index (χ3n) is 4.68. The lowest BCUT2D eigenvalue weighted by Gasteiger charge is -2.14. The number of rotatable bonds is 16. The molecular formula is C21H40O. The fourth-order valence-corrected chi connectivity index (χ4v) is 3.12. The first kappa shape index (κ1) is 21.4. The van der Waals surface area contributed by atoms with Gasteiger partial charge in [0.05, 0.1) is 0 Å². The molecule has 0 radical (unpaired) electrons. The van der Waals surface area contributed by atoms with Crippen LogP contribution in [-0.4, -0.2) is 5.78 Å². The summed E-state index contributed by atoms with van der Waals surface area (Å²) in [7, 11) is 0. The predicted molar refractivity (Wildman–Crippen MR) is 99.3 cm³/mol. The molecule has 0 aliphatic heterocycles. The summed E-state index contributed by atoms with van der Waals surface area (Å²) >= 11 is 0. The van der Waals surface area contributed by atoms with Crippen molar-refractivity contribution in [3.05, 3.63) is 12.2 Å². The van der Waals surface area contributed by atoms with Gasteiger partial charge >= 0.3 is 0 Å². The topological polar surface area (TPSA) is 17.1 Å². The lowest BCUT2D eigenvalue weighted by molar-refractivity contribution is -0.121. The Hall–Kier alpha value is -0.590. The van der Waals surface area contributed by atoms with E-state index in [-0.39, 0.29) is 5.92 Å². The Morgan fingerprint density at radius 3 is 1.55 bits per heavy atom. The first-order chi connectivity index (χ1) is 10.6. The van der Waals surface area contributed by atoms with Crippen LogP contribution in [0.2, 0.25) is 0 Å². The van der Waals surface area contributed by atoms with Crippen molar-refractivity contribution in [3.63, 3.8) is 0 Å². The van der Waals surface area contributed by atoms with Gasteiger partial charge < -0.3 is 0 Å². The average molecular weight is 309 g/mol. The molecule has 0 heterocycles. The molecule has 0 rings (SSSR count). The normalized spacial score (nSPS) is 12.3. The van der Waals surface area contributed by atoms with E-state index in [9.17, 15) is 4.79 Å². The van der Waals surface area contributed by atoms with Gasteiger partial charge in [-0.1, -0.05) is 103 Å². The van der Waals surface area contributed by atoms with Crippen molar-refractivity contribution in [2.75, 3.05) is 0 Å². The van der Waals surface area contributed by atoms with Gasteiger partial charge in [-0.3, -0.25) is 4.79 Å². The quantitative estimate of drug-likeness (QED) is 0.217. The summed E-state index contributed by atoms with van der Waals surface area (Å²) in [5, 5.41) is 0. The molecule has 0 N–H and O–H groups in total. The molecule has 0 bridgehead atoms. The Balaban J connectivity index is 3.39. The molecule has 0 aliphatic rings. The highest BCUT2D eigenvalue weighted by molar-refractivity contribution is 5.83. The number of carbonyl (C=O) groups excluding carboxylic acids is 1. The Bertz CT molecular complexity index is 280. The van der Waals surface area contributed by atoms with E-state index in [1.165, 1.54) is 77.0 Å². The van der Waals surface area contributed by atoms with Crippen LogP contribution in [0.25, 0.3) is 0 Å². The molecule has 0 aromatic heterocycles. The summed E-state index contributed by atoms with van der Waals surface area (Å²) in [6.07, 6.45) is 18.1. The molecule has 1 heteroatoms. The lowest BCUT2D eigenvalue weighted by Crippen LogP contribution is -2.14. The molecule has 22 heavy (non-hydrogen) atoms. The van der Waals surface area contributed by atoms with Crippen molar-refractivity contribution >= 4 is 5.78 Å². The molecule has 0 aliphatic carbocycles. The van der Waals surface area contributed by atoms with E-state index in [0.29, 0.717) is 12.2 Å². The average Bonchev–Trinajstić information content (AvgIpc) is 2.51. The van der Waals surface area contributed by atoms with E-state index in [1.807, 2.05) is 13.8 Å². The second-order valence-corrected chi connectivity index (χ2v) is 6.90. The number of hydrogen-bond acceptors (Lipinski definition) is 1. The maximum Gasteiger partial charge on any atom is 0.139 e. The number of carbonyl (C=O) groups is 1. The van der Waals surface area contributed by atoms with Crippen LogP contribution >= 0.6 is 0 Å². The summed E-state index contributed by atoms with van der Waals surface area (Å²) in [6, 6.07) is 0. The monoisotopic (exact) mass is 308 g/mol. The number of unbranched alkanes of at least 4 members (excludes halogenated alkanes) is 11. The van der Waals surface area contributed by atoms with E-state index in [1.54, 1.807) is 0 Å². The number of hydrogen-bond donors (Lipinski definition) is 0. The van der Waals surface area contributed by atoms with E-state index < -0.39 is 0 Å². The molecule has 1 atom stereocenters. The fourth-order valence-electron chi connectivity index (χ4n) is 3.12. The minimum absolute atomic E-state index is 0.119. The molecule has 0 amide bonds. The standard InChI is InChI=1S/C21H40O/c1-5-7-8-9-10-11-12-13-14-15-16-17-18-20(19(3)4)21(22)6-2/h20H,3,5-18H2,1-2,4H3. The molecule has 0 saturated carbocycles. The second kappa shape index (κ2) is 15.3. The molecule has 0 spiro atoms. The zero-order chi connectivity index (χ0) is 16.6. The molecule has 0 fully saturated rings. The van der Waals surface area contributed by atoms with Crippen LogP contribution in [-0.2, 0) is 4.79 Å². The number of allylic oxidation sites excluding steroid dienone is 1. The smallest absolute Gasteiger partial charge is 0.139 e. The van der Waals surface area contributed by atoms with Crippen LogP contribution in [0.4, 0.5) is 0 Å². The summed E-state index contributed by atoms with van der Waals surface area (Å²) in [6.45, 7) is 10.2. The van der Waals surface area contributed by atoms with Crippen molar-refractivity contribution in [2.45, 2.75) is 111 Å². The summed E-state index contributed by atoms with van der Waals surface area (Å²) in [5.41, 5.74) is 1.05. The van der Waals surface area contributed by atoms with Crippen LogP contribution in [0.3, 0.4) is 0 Å². The predicted octanol–water partition coefficient (Wildman–Crippen LogP) is 7.25. The third kappa shape index (κ3) is 12.0. The maximum absolute atomic E-state index is 11.8. The Morgan fingerprint density at radius 2 is 1.18 bits per heavy atom. The van der Waals surface area contributed by atoms with E-state index in [2.05, 4.69) is 13.5 Å². The van der Waals surface area contributed by atoms with Gasteiger partial charge in [-0.05, 0) is 13.3 Å². The molecular weight excluding hydrogens is 268 g/mol. The van der Waals surface area contributed by atoms with Crippen molar-refractivity contribution in [3.8, 4) is 0 Å². The highest BCUT2D eigenvalue weighted by Gasteiger charge is 2.16. The van der Waals surface area contributed by atoms with E-state index in [4.69, 9.17) is 0 Å². The van der Waals surface area contributed by atoms with E-state index in [0.717, 1.165) is 12.0 Å². The van der Waals surface area contributed by atoms with Gasteiger partial charge in [0.25, 0.3) is 0 Å². The minimum atomic E-state index is 0.119. The zero-order valence-corrected chi connectivity index (χ0v) is 15.6. The van der Waals surface area contributed by atoms with Crippen LogP contribution in [0, 0.1) is 5.92 Å². The molecule has 1 unspecified atom stereocenters. The van der Waals surface area contributed by atoms with Crippen molar-refractivity contribution in [1.82, 2.24) is 0 Å². The Kier molecular flexibility index (Phi) is 14.9. The van der Waals surface area contributed by atoms with E-state index >= 15 is 0 Å². The van der Waals surface area contributed by atoms with Crippen molar-refractivity contribution in [1.29, 1.82) is 0 Å². The van der Waals surface area contributed by atoms with Gasteiger partial charge in [-0.15, -0.1) is 0 Å².